The largest absolute Gasteiger partial charge is 0.0754 e. The summed E-state index contributed by atoms with van der Waals surface area (Å²) in [5.74, 6) is -0.734. The van der Waals surface area contributed by atoms with Crippen LogP contribution in [0.2, 0.25) is 0 Å². The Morgan fingerprint density at radius 2 is 0.761 bits per heavy atom. The van der Waals surface area contributed by atoms with Crippen LogP contribution in [0.1, 0.15) is 96.1 Å². The summed E-state index contributed by atoms with van der Waals surface area (Å²) in [7, 11) is 0. The number of hydrogen-bond donors (Lipinski definition) is 0. The van der Waals surface area contributed by atoms with Crippen LogP contribution in [0, 0.1) is 0 Å². The van der Waals surface area contributed by atoms with E-state index in [2.05, 4.69) is 437 Å². The van der Waals surface area contributed by atoms with Crippen molar-refractivity contribution < 1.29 is 0 Å². The molecular formula is C117H80. The van der Waals surface area contributed by atoms with Crippen molar-refractivity contribution in [2.45, 2.75) is 52.8 Å². The lowest BCUT2D eigenvalue weighted by Gasteiger charge is -2.75. The van der Waals surface area contributed by atoms with E-state index in [0.29, 0.717) is 0 Å². The number of rotatable bonds is 11. The van der Waals surface area contributed by atoms with E-state index < -0.39 is 27.6 Å². The average molecular weight is 1490 g/mol. The smallest absolute Gasteiger partial charge is 0.0584 e. The van der Waals surface area contributed by atoms with Gasteiger partial charge in [-0.25, -0.2) is 0 Å². The van der Waals surface area contributed by atoms with Gasteiger partial charge in [0, 0.05) is 16.7 Å². The quantitative estimate of drug-likeness (QED) is 0.0894. The highest BCUT2D eigenvalue weighted by Crippen LogP contribution is 2.84. The van der Waals surface area contributed by atoms with Crippen molar-refractivity contribution in [3.63, 3.8) is 0 Å². The molecule has 0 N–H and O–H groups in total. The van der Waals surface area contributed by atoms with Crippen LogP contribution in [0.25, 0.3) is 127 Å². The first kappa shape index (κ1) is 67.5. The summed E-state index contributed by atoms with van der Waals surface area (Å²) in [4.78, 5) is 0. The van der Waals surface area contributed by atoms with Crippen molar-refractivity contribution in [2.24, 2.45) is 0 Å². The van der Waals surface area contributed by atoms with Gasteiger partial charge in [0.25, 0.3) is 0 Å². The molecule has 117 heavy (non-hydrogen) atoms. The molecule has 0 amide bonds. The van der Waals surface area contributed by atoms with Crippen LogP contribution in [0.3, 0.4) is 0 Å². The Bertz CT molecular complexity index is 7390. The minimum absolute atomic E-state index is 0.308. The zero-order chi connectivity index (χ0) is 77.0. The van der Waals surface area contributed by atoms with E-state index in [0.717, 1.165) is 24.8 Å². The van der Waals surface area contributed by atoms with E-state index in [1.165, 1.54) is 193 Å². The molecule has 16 aromatic rings. The van der Waals surface area contributed by atoms with E-state index in [4.69, 9.17) is 0 Å². The van der Waals surface area contributed by atoms with Gasteiger partial charge in [-0.05, 0) is 236 Å². The average Bonchev–Trinajstić information content (AvgIpc) is 1.56. The van der Waals surface area contributed by atoms with Gasteiger partial charge in [0.2, 0.25) is 0 Å². The molecule has 0 bridgehead atoms. The summed E-state index contributed by atoms with van der Waals surface area (Å²) < 4.78 is 0. The SMILES string of the molecule is C1=CC(C2(c3cccc4ccccc34)C(c3ccccc3)(c3cccc4c3ccc3ccccc34)c3ccc(-c4cccc5cc6ccccc6cc45)c(-c4ccc5cccccc4-5)c3C(c3ccccc3-c3ccccc3)(c3ccc4cccccc3-4)C2(c2cccc3c2Cc2ccccc2-3)C2CCc3ccccc32)c2ccccc21. The lowest BCUT2D eigenvalue weighted by Crippen LogP contribution is -2.77. The normalized spacial score (nSPS) is 19.6. The lowest BCUT2D eigenvalue weighted by atomic mass is 9.24. The topological polar surface area (TPSA) is 0 Å². The fraction of sp³-hybridized carbons (Fsp3) is 0.0769. The van der Waals surface area contributed by atoms with Crippen LogP contribution in [-0.2, 0) is 34.5 Å². The second-order valence-corrected chi connectivity index (χ2v) is 33.2. The number of allylic oxidation sites excluding steroid dienone is 1. The van der Waals surface area contributed by atoms with Crippen molar-refractivity contribution >= 4 is 59.9 Å². The van der Waals surface area contributed by atoms with E-state index in [1.807, 2.05) is 0 Å². The van der Waals surface area contributed by atoms with Gasteiger partial charge in [0.05, 0.1) is 10.8 Å². The summed E-state index contributed by atoms with van der Waals surface area (Å²) in [6, 6.07) is 169. The predicted octanol–water partition coefficient (Wildman–Crippen LogP) is 29.3. The first-order chi connectivity index (χ1) is 58.1. The molecule has 0 fully saturated rings. The van der Waals surface area contributed by atoms with E-state index in [1.54, 1.807) is 0 Å². The monoisotopic (exact) mass is 1480 g/mol. The van der Waals surface area contributed by atoms with Crippen molar-refractivity contribution in [1.29, 1.82) is 0 Å². The van der Waals surface area contributed by atoms with Crippen molar-refractivity contribution in [2.75, 3.05) is 0 Å². The number of hydrogen-bond acceptors (Lipinski definition) is 0. The molecule has 0 saturated heterocycles. The molecule has 0 radical (unpaired) electrons. The molecule has 0 spiro atoms. The molecule has 0 aliphatic heterocycles. The second kappa shape index (κ2) is 26.3. The van der Waals surface area contributed by atoms with Crippen molar-refractivity contribution in [1.82, 2.24) is 0 Å². The molecule has 0 heteroatoms. The fourth-order valence-corrected chi connectivity index (χ4v) is 24.4. The molecule has 16 aromatic carbocycles. The number of benzene rings is 16. The summed E-state index contributed by atoms with van der Waals surface area (Å²) in [6.45, 7) is 0. The van der Waals surface area contributed by atoms with Gasteiger partial charge in [-0.3, -0.25) is 0 Å². The molecule has 0 heterocycles. The molecule has 24 rings (SSSR count). The second-order valence-electron chi connectivity index (χ2n) is 33.2. The Labute approximate surface area is 683 Å². The third kappa shape index (κ3) is 9.25. The Kier molecular flexibility index (Phi) is 15.1. The van der Waals surface area contributed by atoms with Gasteiger partial charge in [0.1, 0.15) is 0 Å². The molecule has 6 atom stereocenters. The Morgan fingerprint density at radius 3 is 1.56 bits per heavy atom. The summed E-state index contributed by atoms with van der Waals surface area (Å²) in [5, 5.41) is 12.1. The molecule has 0 nitrogen and oxygen atoms in total. The fourth-order valence-electron chi connectivity index (χ4n) is 24.4. The highest BCUT2D eigenvalue weighted by Gasteiger charge is 2.82. The van der Waals surface area contributed by atoms with Crippen LogP contribution in [0.5, 0.6) is 0 Å². The summed E-state index contributed by atoms with van der Waals surface area (Å²) >= 11 is 0. The highest BCUT2D eigenvalue weighted by atomic mass is 14.8. The maximum atomic E-state index is 2.76. The maximum Gasteiger partial charge on any atom is 0.0584 e. The minimum atomic E-state index is -1.36. The van der Waals surface area contributed by atoms with Crippen molar-refractivity contribution in [3.8, 4) is 66.8 Å². The van der Waals surface area contributed by atoms with Gasteiger partial charge >= 0.3 is 0 Å². The first-order valence-electron chi connectivity index (χ1n) is 41.8. The zero-order valence-corrected chi connectivity index (χ0v) is 64.8. The lowest BCUT2D eigenvalue weighted by molar-refractivity contribution is 0.0335. The predicted molar refractivity (Wildman–Crippen MR) is 489 cm³/mol. The van der Waals surface area contributed by atoms with Gasteiger partial charge in [-0.2, -0.15) is 0 Å². The standard InChI is InChI=1S/C117H80/c1-5-31-76(32-6-1)91-50-25-26-57-104(91)115(106-69-63-80-34-8-3-12-49-92(80)106)113-111(72-68-101(112(113)100-67-62-79-33-7-2-11-46-89(79)100)98-54-27-43-85-73-83-39-13-14-40-84(83)74-102(85)98)114(87-44-9-4-10-45-87,105-58-29-55-96-88-47-20-15-36-78(88)61-66-99(96)105)116(109-70-64-81-37-17-23-52-94(81)109,107-59-28-42-77-35-16-22-51-93(77)107)117(115,110-71-65-82-38-18-24-53-95(82)110)108-60-30-56-97-90-48-21-19-41-86(90)75-103(97)108/h1-64,66-70,72-74,109-110H,65,71,75H2. The van der Waals surface area contributed by atoms with Crippen LogP contribution < -0.4 is 0 Å². The summed E-state index contributed by atoms with van der Waals surface area (Å²) in [5.41, 5.74) is 27.6. The zero-order valence-electron chi connectivity index (χ0n) is 64.8. The minimum Gasteiger partial charge on any atom is -0.0754 e. The molecular weight excluding hydrogens is 1410 g/mol. The van der Waals surface area contributed by atoms with Crippen LogP contribution >= 0.6 is 0 Å². The maximum absolute atomic E-state index is 2.76. The third-order valence-electron chi connectivity index (χ3n) is 28.3. The van der Waals surface area contributed by atoms with E-state index in [-0.39, 0.29) is 5.92 Å². The molecule has 6 unspecified atom stereocenters. The van der Waals surface area contributed by atoms with Gasteiger partial charge in [0.15, 0.2) is 0 Å². The molecule has 8 aliphatic carbocycles. The van der Waals surface area contributed by atoms with Crippen LogP contribution in [-0.4, -0.2) is 0 Å². The molecule has 548 valence electrons. The molecule has 0 saturated carbocycles. The Morgan fingerprint density at radius 1 is 0.248 bits per heavy atom. The summed E-state index contributed by atoms with van der Waals surface area (Å²) in [6.07, 6.45) is 7.73. The van der Waals surface area contributed by atoms with Gasteiger partial charge in [-0.1, -0.05) is 425 Å². The van der Waals surface area contributed by atoms with Crippen molar-refractivity contribution in [3.05, 3.63) is 509 Å². The van der Waals surface area contributed by atoms with Gasteiger partial charge < -0.3 is 0 Å². The first-order valence-corrected chi connectivity index (χ1v) is 41.8. The molecule has 8 aliphatic rings. The van der Waals surface area contributed by atoms with E-state index in [9.17, 15) is 0 Å². The number of fused-ring (bicyclic) bond motifs is 14. The third-order valence-corrected chi connectivity index (χ3v) is 28.3. The van der Waals surface area contributed by atoms with Crippen LogP contribution in [0.4, 0.5) is 0 Å². The Hall–Kier alpha value is -14.0. The Balaban J connectivity index is 1.11. The number of aryl methyl sites for hydroxylation is 1. The van der Waals surface area contributed by atoms with Gasteiger partial charge in [-0.15, -0.1) is 0 Å². The van der Waals surface area contributed by atoms with E-state index >= 15 is 0 Å². The van der Waals surface area contributed by atoms with Crippen LogP contribution in [0.15, 0.2) is 431 Å². The highest BCUT2D eigenvalue weighted by molar-refractivity contribution is 6.12. The molecule has 0 aromatic heterocycles.